The predicted octanol–water partition coefficient (Wildman–Crippen LogP) is 3.22. The van der Waals surface area contributed by atoms with E-state index in [0.29, 0.717) is 18.4 Å². The van der Waals surface area contributed by atoms with Gasteiger partial charge in [0.2, 0.25) is 5.91 Å². The third kappa shape index (κ3) is 8.42. The van der Waals surface area contributed by atoms with Crippen LogP contribution in [0.15, 0.2) is 18.2 Å². The molecule has 4 atom stereocenters. The van der Waals surface area contributed by atoms with Crippen LogP contribution in [-0.2, 0) is 32.0 Å². The maximum absolute atomic E-state index is 13.2. The number of amides is 3. The number of carbonyl (C=O) groups is 4. The van der Waals surface area contributed by atoms with Crippen molar-refractivity contribution in [2.45, 2.75) is 116 Å². The highest BCUT2D eigenvalue weighted by Gasteiger charge is 2.37. The number of nitrogens with zero attached hydrogens (tertiary/aromatic N) is 1. The van der Waals surface area contributed by atoms with E-state index in [4.69, 9.17) is 15.2 Å². The monoisotopic (exact) mass is 545 g/mol. The lowest BCUT2D eigenvalue weighted by Gasteiger charge is -2.36. The SMILES string of the molecule is CC(C)(C)OC(=O)CC[C@@H](C(N)=O)N1Cc2cc(C[C@@H]3CCC[C@@H](O)[C@H]3NC(=O)OC(C)(C)C)ccc2C1=O. The van der Waals surface area contributed by atoms with Crippen LogP contribution < -0.4 is 11.1 Å². The van der Waals surface area contributed by atoms with Gasteiger partial charge in [-0.3, -0.25) is 14.4 Å². The average Bonchev–Trinajstić information content (AvgIpc) is 3.09. The molecule has 216 valence electrons. The summed E-state index contributed by atoms with van der Waals surface area (Å²) < 4.78 is 10.7. The Hall–Kier alpha value is -3.14. The van der Waals surface area contributed by atoms with Gasteiger partial charge in [-0.15, -0.1) is 0 Å². The van der Waals surface area contributed by atoms with Crippen LogP contribution in [0.1, 0.15) is 95.1 Å². The number of fused-ring (bicyclic) bond motifs is 1. The molecule has 0 unspecified atom stereocenters. The molecule has 10 heteroatoms. The molecule has 4 N–H and O–H groups in total. The Morgan fingerprint density at radius 1 is 1.10 bits per heavy atom. The lowest BCUT2D eigenvalue weighted by Crippen LogP contribution is -2.52. The number of esters is 1. The molecular weight excluding hydrogens is 502 g/mol. The highest BCUT2D eigenvalue weighted by atomic mass is 16.6. The summed E-state index contributed by atoms with van der Waals surface area (Å²) in [5.41, 5.74) is 6.57. The van der Waals surface area contributed by atoms with E-state index in [1.165, 1.54) is 4.90 Å². The maximum Gasteiger partial charge on any atom is 0.407 e. The van der Waals surface area contributed by atoms with E-state index in [9.17, 15) is 24.3 Å². The number of benzene rings is 1. The number of primary amides is 1. The van der Waals surface area contributed by atoms with E-state index in [1.54, 1.807) is 47.6 Å². The van der Waals surface area contributed by atoms with Gasteiger partial charge >= 0.3 is 12.1 Å². The van der Waals surface area contributed by atoms with Crippen LogP contribution in [-0.4, -0.2) is 63.3 Å². The van der Waals surface area contributed by atoms with Crippen molar-refractivity contribution in [2.75, 3.05) is 0 Å². The van der Waals surface area contributed by atoms with Crippen LogP contribution in [0.25, 0.3) is 0 Å². The second-order valence-electron chi connectivity index (χ2n) is 12.6. The van der Waals surface area contributed by atoms with Gasteiger partial charge in [0.15, 0.2) is 0 Å². The lowest BCUT2D eigenvalue weighted by atomic mass is 9.79. The second-order valence-corrected chi connectivity index (χ2v) is 12.6. The summed E-state index contributed by atoms with van der Waals surface area (Å²) in [6, 6.07) is 4.16. The minimum atomic E-state index is -0.934. The molecule has 0 radical (unpaired) electrons. The first-order valence-corrected chi connectivity index (χ1v) is 13.7. The Labute approximate surface area is 230 Å². The van der Waals surface area contributed by atoms with E-state index in [-0.39, 0.29) is 31.2 Å². The molecule has 10 nitrogen and oxygen atoms in total. The Morgan fingerprint density at radius 2 is 1.77 bits per heavy atom. The highest BCUT2D eigenvalue weighted by molar-refractivity contribution is 6.01. The molecule has 3 amide bonds. The molecule has 0 saturated heterocycles. The number of hydrogen-bond donors (Lipinski definition) is 3. The molecule has 39 heavy (non-hydrogen) atoms. The summed E-state index contributed by atoms with van der Waals surface area (Å²) in [4.78, 5) is 51.4. The number of carbonyl (C=O) groups excluding carboxylic acids is 4. The zero-order valence-electron chi connectivity index (χ0n) is 23.9. The Morgan fingerprint density at radius 3 is 2.38 bits per heavy atom. The summed E-state index contributed by atoms with van der Waals surface area (Å²) in [6.45, 7) is 10.9. The fourth-order valence-electron chi connectivity index (χ4n) is 5.33. The molecule has 0 spiro atoms. The first kappa shape index (κ1) is 30.4. The number of hydrogen-bond acceptors (Lipinski definition) is 7. The summed E-state index contributed by atoms with van der Waals surface area (Å²) in [7, 11) is 0. The summed E-state index contributed by atoms with van der Waals surface area (Å²) in [5, 5.41) is 13.5. The van der Waals surface area contributed by atoms with Crippen LogP contribution in [0.3, 0.4) is 0 Å². The van der Waals surface area contributed by atoms with E-state index in [2.05, 4.69) is 5.32 Å². The van der Waals surface area contributed by atoms with Gasteiger partial charge in [-0.1, -0.05) is 18.6 Å². The maximum atomic E-state index is 13.2. The number of aliphatic hydroxyl groups is 1. The standard InChI is InChI=1S/C29H43N3O7/c1-28(2,3)38-23(34)13-12-21(25(30)35)32-16-19-15-17(10-11-20(19)26(32)36)14-18-8-7-9-22(33)24(18)31-27(37)39-29(4,5)6/h10-11,15,18,21-22,24,33H,7-9,12-14,16H2,1-6H3,(H2,30,35)(H,31,37)/t18-,21-,22+,24-/m0/s1. The minimum Gasteiger partial charge on any atom is -0.460 e. The molecule has 1 aromatic rings. The normalized spacial score (nSPS) is 22.2. The summed E-state index contributed by atoms with van der Waals surface area (Å²) in [6.07, 6.45) is 1.67. The predicted molar refractivity (Wildman–Crippen MR) is 145 cm³/mol. The molecule has 1 fully saturated rings. The number of nitrogens with two attached hydrogens (primary N) is 1. The van der Waals surface area contributed by atoms with Gasteiger partial charge in [0.25, 0.3) is 5.91 Å². The smallest absolute Gasteiger partial charge is 0.407 e. The van der Waals surface area contributed by atoms with Crippen LogP contribution >= 0.6 is 0 Å². The fourth-order valence-corrected chi connectivity index (χ4v) is 5.33. The third-order valence-corrected chi connectivity index (χ3v) is 6.93. The quantitative estimate of drug-likeness (QED) is 0.425. The molecule has 0 bridgehead atoms. The third-order valence-electron chi connectivity index (χ3n) is 6.93. The topological polar surface area (TPSA) is 148 Å². The van der Waals surface area contributed by atoms with Crippen molar-refractivity contribution in [3.8, 4) is 0 Å². The number of rotatable bonds is 8. The Kier molecular flexibility index (Phi) is 9.31. The van der Waals surface area contributed by atoms with E-state index < -0.39 is 47.4 Å². The average molecular weight is 546 g/mol. The molecule has 1 heterocycles. The van der Waals surface area contributed by atoms with Crippen molar-refractivity contribution in [3.05, 3.63) is 34.9 Å². The molecule has 1 aliphatic carbocycles. The van der Waals surface area contributed by atoms with Gasteiger partial charge in [0, 0.05) is 18.5 Å². The summed E-state index contributed by atoms with van der Waals surface area (Å²) in [5.74, 6) is -1.45. The molecule has 3 rings (SSSR count). The molecule has 1 aliphatic heterocycles. The summed E-state index contributed by atoms with van der Waals surface area (Å²) >= 11 is 0. The van der Waals surface area contributed by atoms with E-state index >= 15 is 0 Å². The van der Waals surface area contributed by atoms with E-state index in [1.807, 2.05) is 12.1 Å². The Balaban J connectivity index is 1.70. The molecular formula is C29H43N3O7. The van der Waals surface area contributed by atoms with Gasteiger partial charge < -0.3 is 30.5 Å². The van der Waals surface area contributed by atoms with Crippen molar-refractivity contribution in [1.82, 2.24) is 10.2 Å². The van der Waals surface area contributed by atoms with Gasteiger partial charge in [-0.25, -0.2) is 4.79 Å². The van der Waals surface area contributed by atoms with Gasteiger partial charge in [0.05, 0.1) is 12.1 Å². The van der Waals surface area contributed by atoms with Crippen LogP contribution in [0.5, 0.6) is 0 Å². The number of aliphatic hydroxyl groups excluding tert-OH is 1. The van der Waals surface area contributed by atoms with Crippen molar-refractivity contribution in [1.29, 1.82) is 0 Å². The number of nitrogens with one attached hydrogen (secondary N) is 1. The van der Waals surface area contributed by atoms with Crippen LogP contribution in [0.2, 0.25) is 0 Å². The zero-order valence-corrected chi connectivity index (χ0v) is 23.9. The van der Waals surface area contributed by atoms with Crippen LogP contribution in [0, 0.1) is 5.92 Å². The first-order valence-electron chi connectivity index (χ1n) is 13.7. The van der Waals surface area contributed by atoms with Gasteiger partial charge in [-0.05, 0) is 90.3 Å². The van der Waals surface area contributed by atoms with E-state index in [0.717, 1.165) is 24.0 Å². The zero-order chi connectivity index (χ0) is 29.1. The highest BCUT2D eigenvalue weighted by Crippen LogP contribution is 2.32. The van der Waals surface area contributed by atoms with Crippen molar-refractivity contribution < 1.29 is 33.8 Å². The minimum absolute atomic E-state index is 0.0141. The first-order chi connectivity index (χ1) is 18.0. The largest absolute Gasteiger partial charge is 0.460 e. The Bertz CT molecular complexity index is 1090. The van der Waals surface area contributed by atoms with Crippen molar-refractivity contribution in [3.63, 3.8) is 0 Å². The molecule has 1 saturated carbocycles. The number of ether oxygens (including phenoxy) is 2. The number of alkyl carbamates (subject to hydrolysis) is 1. The van der Waals surface area contributed by atoms with Gasteiger partial charge in [-0.2, -0.15) is 0 Å². The van der Waals surface area contributed by atoms with Gasteiger partial charge in [0.1, 0.15) is 17.2 Å². The fraction of sp³-hybridized carbons (Fsp3) is 0.655. The van der Waals surface area contributed by atoms with Crippen molar-refractivity contribution >= 4 is 23.9 Å². The molecule has 1 aromatic carbocycles. The molecule has 0 aromatic heterocycles. The van der Waals surface area contributed by atoms with Crippen molar-refractivity contribution in [2.24, 2.45) is 11.7 Å². The van der Waals surface area contributed by atoms with Crippen LogP contribution in [0.4, 0.5) is 4.79 Å². The molecule has 2 aliphatic rings. The second kappa shape index (κ2) is 11.9. The lowest BCUT2D eigenvalue weighted by molar-refractivity contribution is -0.155.